The first-order valence-electron chi connectivity index (χ1n) is 6.04. The molecule has 0 spiro atoms. The fourth-order valence-electron chi connectivity index (χ4n) is 2.34. The van der Waals surface area contributed by atoms with E-state index in [-0.39, 0.29) is 16.3 Å². The molecule has 1 heterocycles. The summed E-state index contributed by atoms with van der Waals surface area (Å²) in [4.78, 5) is 13.7. The molecule has 2 N–H and O–H groups in total. The van der Waals surface area contributed by atoms with E-state index in [1.54, 1.807) is 0 Å². The van der Waals surface area contributed by atoms with Gasteiger partial charge in [-0.3, -0.25) is 4.79 Å². The number of rotatable bonds is 3. The van der Waals surface area contributed by atoms with Gasteiger partial charge in [0.05, 0.1) is 10.8 Å². The van der Waals surface area contributed by atoms with Crippen LogP contribution in [0.5, 0.6) is 0 Å². The summed E-state index contributed by atoms with van der Waals surface area (Å²) in [6.07, 6.45) is 1.26. The number of sulfonamides is 1. The van der Waals surface area contributed by atoms with Crippen molar-refractivity contribution in [1.29, 1.82) is 0 Å². The van der Waals surface area contributed by atoms with Gasteiger partial charge < -0.3 is 4.90 Å². The molecule has 0 bridgehead atoms. The minimum atomic E-state index is -3.66. The van der Waals surface area contributed by atoms with Gasteiger partial charge in [-0.15, -0.1) is 0 Å². The highest BCUT2D eigenvalue weighted by atomic mass is 35.5. The van der Waals surface area contributed by atoms with Gasteiger partial charge in [0.15, 0.2) is 0 Å². The summed E-state index contributed by atoms with van der Waals surface area (Å²) >= 11 is 5.57. The van der Waals surface area contributed by atoms with E-state index in [4.69, 9.17) is 16.7 Å². The zero-order valence-electron chi connectivity index (χ0n) is 10.6. The van der Waals surface area contributed by atoms with Crippen LogP contribution in [0.25, 0.3) is 0 Å². The minimum absolute atomic E-state index is 0.0657. The summed E-state index contributed by atoms with van der Waals surface area (Å²) in [6.45, 7) is 0.434. The van der Waals surface area contributed by atoms with Crippen molar-refractivity contribution in [2.45, 2.75) is 18.9 Å². The molecule has 0 saturated carbocycles. The number of amides is 1. The molecule has 110 valence electrons. The van der Waals surface area contributed by atoms with Crippen molar-refractivity contribution in [1.82, 2.24) is 4.90 Å². The summed E-state index contributed by atoms with van der Waals surface area (Å²) in [5.41, 5.74) is 0.146. The summed E-state index contributed by atoms with van der Waals surface area (Å²) in [6, 6.07) is 3.31. The van der Waals surface area contributed by atoms with Crippen LogP contribution in [0.1, 0.15) is 23.2 Å². The molecule has 0 radical (unpaired) electrons. The van der Waals surface area contributed by atoms with E-state index in [1.807, 2.05) is 0 Å². The topological polar surface area (TPSA) is 80.5 Å². The molecule has 0 aromatic heterocycles. The second-order valence-corrected chi connectivity index (χ2v) is 6.82. The number of carbonyl (C=O) groups is 1. The van der Waals surface area contributed by atoms with Gasteiger partial charge in [0.25, 0.3) is 5.91 Å². The maximum absolute atomic E-state index is 13.4. The summed E-state index contributed by atoms with van der Waals surface area (Å²) in [7, 11) is -3.66. The Kier molecular flexibility index (Phi) is 4.31. The maximum atomic E-state index is 13.4. The van der Waals surface area contributed by atoms with E-state index in [2.05, 4.69) is 0 Å². The third kappa shape index (κ3) is 3.47. The largest absolute Gasteiger partial charge is 0.335 e. The van der Waals surface area contributed by atoms with Gasteiger partial charge in [-0.2, -0.15) is 0 Å². The van der Waals surface area contributed by atoms with E-state index < -0.39 is 27.8 Å². The first-order chi connectivity index (χ1) is 9.28. The fourth-order valence-corrected chi connectivity index (χ4v) is 3.34. The average molecular weight is 321 g/mol. The normalized spacial score (nSPS) is 19.4. The van der Waals surface area contributed by atoms with Gasteiger partial charge in [-0.25, -0.2) is 17.9 Å². The number of carbonyl (C=O) groups excluding carboxylic acids is 1. The lowest BCUT2D eigenvalue weighted by Crippen LogP contribution is -2.41. The van der Waals surface area contributed by atoms with Crippen LogP contribution in [-0.4, -0.2) is 37.6 Å². The van der Waals surface area contributed by atoms with Crippen LogP contribution in [0.4, 0.5) is 4.39 Å². The smallest absolute Gasteiger partial charge is 0.254 e. The van der Waals surface area contributed by atoms with Gasteiger partial charge in [0.1, 0.15) is 5.82 Å². The SMILES string of the molecule is NS(=O)(=O)CC1CCCN1C(=O)c1ccc(Cl)c(F)c1. The fraction of sp³-hybridized carbons (Fsp3) is 0.417. The molecule has 1 amide bonds. The lowest BCUT2D eigenvalue weighted by Gasteiger charge is -2.24. The second-order valence-electron chi connectivity index (χ2n) is 4.75. The molecule has 1 aliphatic heterocycles. The molecule has 1 atom stereocenters. The third-order valence-electron chi connectivity index (χ3n) is 3.23. The first kappa shape index (κ1) is 15.2. The van der Waals surface area contributed by atoms with Crippen LogP contribution >= 0.6 is 11.6 Å². The number of hydrogen-bond acceptors (Lipinski definition) is 3. The Hall–Kier alpha value is -1.18. The van der Waals surface area contributed by atoms with Gasteiger partial charge in [-0.05, 0) is 31.0 Å². The number of nitrogens with zero attached hydrogens (tertiary/aromatic N) is 1. The Bertz CT molecular complexity index is 636. The summed E-state index contributed by atoms with van der Waals surface area (Å²) < 4.78 is 35.7. The van der Waals surface area contributed by atoms with Crippen molar-refractivity contribution in [2.24, 2.45) is 5.14 Å². The number of benzene rings is 1. The van der Waals surface area contributed by atoms with E-state index in [0.717, 1.165) is 6.07 Å². The van der Waals surface area contributed by atoms with Crippen LogP contribution in [-0.2, 0) is 10.0 Å². The molecule has 1 aliphatic rings. The van der Waals surface area contributed by atoms with Crippen molar-refractivity contribution < 1.29 is 17.6 Å². The molecule has 2 rings (SSSR count). The highest BCUT2D eigenvalue weighted by molar-refractivity contribution is 7.89. The molecular formula is C12H14ClFN2O3S. The van der Waals surface area contributed by atoms with Gasteiger partial charge >= 0.3 is 0 Å². The Morgan fingerprint density at radius 2 is 2.20 bits per heavy atom. The summed E-state index contributed by atoms with van der Waals surface area (Å²) in [5, 5.41) is 4.95. The molecule has 1 aromatic carbocycles. The van der Waals surface area contributed by atoms with E-state index in [0.29, 0.717) is 19.4 Å². The summed E-state index contributed by atoms with van der Waals surface area (Å²) in [5.74, 6) is -1.37. The van der Waals surface area contributed by atoms with Crippen LogP contribution in [0.2, 0.25) is 5.02 Å². The van der Waals surface area contributed by atoms with Crippen molar-refractivity contribution >= 4 is 27.5 Å². The Balaban J connectivity index is 2.21. The van der Waals surface area contributed by atoms with Crippen molar-refractivity contribution in [2.75, 3.05) is 12.3 Å². The minimum Gasteiger partial charge on any atom is -0.335 e. The van der Waals surface area contributed by atoms with Crippen LogP contribution in [0.3, 0.4) is 0 Å². The lowest BCUT2D eigenvalue weighted by molar-refractivity contribution is 0.0749. The number of hydrogen-bond donors (Lipinski definition) is 1. The third-order valence-corrected chi connectivity index (χ3v) is 4.39. The maximum Gasteiger partial charge on any atom is 0.254 e. The van der Waals surface area contributed by atoms with Crippen LogP contribution in [0, 0.1) is 5.82 Å². The van der Waals surface area contributed by atoms with Gasteiger partial charge in [-0.1, -0.05) is 11.6 Å². The monoisotopic (exact) mass is 320 g/mol. The molecule has 1 unspecified atom stereocenters. The van der Waals surface area contributed by atoms with Crippen LogP contribution < -0.4 is 5.14 Å². The predicted octanol–water partition coefficient (Wildman–Crippen LogP) is 1.37. The zero-order valence-corrected chi connectivity index (χ0v) is 12.1. The second kappa shape index (κ2) is 5.67. The van der Waals surface area contributed by atoms with E-state index in [1.165, 1.54) is 17.0 Å². The quantitative estimate of drug-likeness (QED) is 0.913. The van der Waals surface area contributed by atoms with E-state index >= 15 is 0 Å². The first-order valence-corrected chi connectivity index (χ1v) is 8.14. The number of likely N-dealkylation sites (tertiary alicyclic amines) is 1. The van der Waals surface area contributed by atoms with Crippen molar-refractivity contribution in [3.8, 4) is 0 Å². The Morgan fingerprint density at radius 1 is 1.50 bits per heavy atom. The van der Waals surface area contributed by atoms with Crippen molar-refractivity contribution in [3.05, 3.63) is 34.6 Å². The standard InChI is InChI=1S/C12H14ClFN2O3S/c13-10-4-3-8(6-11(10)14)12(17)16-5-1-2-9(16)7-20(15,18)19/h3-4,6,9H,1-2,5,7H2,(H2,15,18,19). The number of primary sulfonamides is 1. The molecule has 5 nitrogen and oxygen atoms in total. The van der Waals surface area contributed by atoms with E-state index in [9.17, 15) is 17.6 Å². The molecule has 8 heteroatoms. The zero-order chi connectivity index (χ0) is 14.9. The number of nitrogens with two attached hydrogens (primary N) is 1. The molecule has 20 heavy (non-hydrogen) atoms. The average Bonchev–Trinajstić information content (AvgIpc) is 2.77. The predicted molar refractivity (Wildman–Crippen MR) is 73.4 cm³/mol. The molecule has 1 fully saturated rings. The molecule has 1 aromatic rings. The highest BCUT2D eigenvalue weighted by Gasteiger charge is 2.32. The Labute approximate surface area is 121 Å². The molecule has 0 aliphatic carbocycles. The van der Waals surface area contributed by atoms with Gasteiger partial charge in [0, 0.05) is 18.2 Å². The van der Waals surface area contributed by atoms with Crippen molar-refractivity contribution in [3.63, 3.8) is 0 Å². The molecule has 1 saturated heterocycles. The number of halogens is 2. The lowest BCUT2D eigenvalue weighted by atomic mass is 10.1. The van der Waals surface area contributed by atoms with Gasteiger partial charge in [0.2, 0.25) is 10.0 Å². The Morgan fingerprint density at radius 3 is 2.80 bits per heavy atom. The molecular weight excluding hydrogens is 307 g/mol. The van der Waals surface area contributed by atoms with Crippen LogP contribution in [0.15, 0.2) is 18.2 Å². The highest BCUT2D eigenvalue weighted by Crippen LogP contribution is 2.23.